The molecule has 1 aliphatic heterocycles. The van der Waals surface area contributed by atoms with Crippen molar-refractivity contribution in [3.63, 3.8) is 0 Å². The Morgan fingerprint density at radius 1 is 0.365 bits per heavy atom. The van der Waals surface area contributed by atoms with E-state index >= 15 is 0 Å². The van der Waals surface area contributed by atoms with Crippen LogP contribution in [0, 0.1) is 0 Å². The Morgan fingerprint density at radius 3 is 1.70 bits per heavy atom. The topological polar surface area (TPSA) is 8.17 Å². The second kappa shape index (κ2) is 11.9. The van der Waals surface area contributed by atoms with Crippen molar-refractivity contribution in [2.75, 3.05) is 4.90 Å². The van der Waals surface area contributed by atoms with Crippen LogP contribution in [0.2, 0.25) is 0 Å². The molecular weight excluding hydrogens is 761 g/mol. The zero-order valence-corrected chi connectivity index (χ0v) is 35.9. The van der Waals surface area contributed by atoms with Crippen molar-refractivity contribution in [2.24, 2.45) is 0 Å². The molecule has 4 aliphatic rings. The van der Waals surface area contributed by atoms with Crippen molar-refractivity contribution in [1.29, 1.82) is 0 Å². The lowest BCUT2D eigenvalue weighted by molar-refractivity contribution is 0.563. The molecule has 0 radical (unpaired) electrons. The number of anilines is 3. The summed E-state index contributed by atoms with van der Waals surface area (Å²) < 4.78 is 2.60. The number of para-hydroxylation sites is 3. The smallest absolute Gasteiger partial charge is 0.0720 e. The van der Waals surface area contributed by atoms with E-state index in [9.17, 15) is 0 Å². The van der Waals surface area contributed by atoms with Gasteiger partial charge in [-0.1, -0.05) is 179 Å². The minimum atomic E-state index is -0.538. The van der Waals surface area contributed by atoms with Gasteiger partial charge in [0.25, 0.3) is 0 Å². The van der Waals surface area contributed by atoms with Crippen LogP contribution in [0.25, 0.3) is 60.9 Å². The molecule has 0 N–H and O–H groups in total. The van der Waals surface area contributed by atoms with Gasteiger partial charge in [0, 0.05) is 49.7 Å². The zero-order chi connectivity index (χ0) is 42.0. The molecule has 0 fully saturated rings. The molecule has 1 spiro atoms. The molecule has 9 aromatic carbocycles. The Morgan fingerprint density at radius 2 is 0.937 bits per heavy atom. The van der Waals surface area contributed by atoms with E-state index < -0.39 is 5.41 Å². The molecule has 0 atom stereocenters. The molecule has 0 unspecified atom stereocenters. The first-order valence-electron chi connectivity index (χ1n) is 22.4. The van der Waals surface area contributed by atoms with E-state index in [-0.39, 0.29) is 10.8 Å². The van der Waals surface area contributed by atoms with Crippen molar-refractivity contribution in [3.8, 4) is 39.1 Å². The van der Waals surface area contributed by atoms with Crippen LogP contribution in [0.15, 0.2) is 194 Å². The first-order valence-corrected chi connectivity index (χ1v) is 22.4. The third-order valence-electron chi connectivity index (χ3n) is 15.6. The quantitative estimate of drug-likeness (QED) is 0.173. The van der Waals surface area contributed by atoms with Crippen molar-refractivity contribution in [1.82, 2.24) is 4.57 Å². The summed E-state index contributed by atoms with van der Waals surface area (Å²) >= 11 is 0. The predicted octanol–water partition coefficient (Wildman–Crippen LogP) is 15.5. The van der Waals surface area contributed by atoms with Crippen LogP contribution in [0.1, 0.15) is 72.2 Å². The molecule has 1 aromatic heterocycles. The second-order valence-electron chi connectivity index (χ2n) is 19.2. The summed E-state index contributed by atoms with van der Waals surface area (Å²) in [6.45, 7) is 9.60. The Bertz CT molecular complexity index is 3590. The molecule has 0 saturated carbocycles. The summed E-state index contributed by atoms with van der Waals surface area (Å²) in [6.07, 6.45) is 0. The molecule has 298 valence electrons. The number of fused-ring (bicyclic) bond motifs is 15. The first kappa shape index (κ1) is 35.2. The van der Waals surface area contributed by atoms with Crippen molar-refractivity contribution in [2.45, 2.75) is 43.9 Å². The van der Waals surface area contributed by atoms with Gasteiger partial charge in [0.05, 0.1) is 27.8 Å². The number of aromatic nitrogens is 1. The predicted molar refractivity (Wildman–Crippen MR) is 261 cm³/mol. The van der Waals surface area contributed by atoms with Gasteiger partial charge in [0.1, 0.15) is 0 Å². The van der Waals surface area contributed by atoms with Gasteiger partial charge in [0.15, 0.2) is 0 Å². The molecule has 0 saturated heterocycles. The number of rotatable bonds is 3. The minimum Gasteiger partial charge on any atom is -0.310 e. The molecular formula is C61H44N2. The van der Waals surface area contributed by atoms with Crippen LogP contribution in [-0.4, -0.2) is 4.57 Å². The number of hydrogen-bond acceptors (Lipinski definition) is 1. The summed E-state index contributed by atoms with van der Waals surface area (Å²) in [5.41, 5.74) is 25.2. The normalized spacial score (nSPS) is 15.7. The Balaban J connectivity index is 1.17. The van der Waals surface area contributed by atoms with Gasteiger partial charge >= 0.3 is 0 Å². The minimum absolute atomic E-state index is 0.141. The Hall–Kier alpha value is -7.42. The van der Waals surface area contributed by atoms with E-state index in [4.69, 9.17) is 0 Å². The van der Waals surface area contributed by atoms with E-state index in [1.165, 1.54) is 111 Å². The Labute approximate surface area is 368 Å². The molecule has 0 bridgehead atoms. The highest BCUT2D eigenvalue weighted by molar-refractivity contribution is 6.20. The highest BCUT2D eigenvalue weighted by Crippen LogP contribution is 2.67. The summed E-state index contributed by atoms with van der Waals surface area (Å²) in [6, 6.07) is 73.9. The van der Waals surface area contributed by atoms with Gasteiger partial charge < -0.3 is 9.47 Å². The van der Waals surface area contributed by atoms with Crippen LogP contribution in [-0.2, 0) is 16.2 Å². The maximum absolute atomic E-state index is 2.60. The van der Waals surface area contributed by atoms with Gasteiger partial charge in [-0.2, -0.15) is 0 Å². The monoisotopic (exact) mass is 804 g/mol. The standard InChI is InChI=1S/C61H44N2/c1-59(2)44-23-11-8-20-39(44)40-31-30-38(36-51(40)59)62(37-18-6-5-7-19-37)54-35-34-49-56-55(54)43-22-10-17-29-53(43)63-52-28-16-9-21-41(52)42-32-33-50(57(56)58(42)63)61(49)47-26-14-12-24-45(47)60(3,4)46-25-13-15-27-48(46)61/h5-36H,1-4H3. The van der Waals surface area contributed by atoms with Crippen LogP contribution in [0.4, 0.5) is 17.1 Å². The van der Waals surface area contributed by atoms with Crippen LogP contribution < -0.4 is 4.90 Å². The average molecular weight is 805 g/mol. The molecule has 2 heterocycles. The van der Waals surface area contributed by atoms with Crippen molar-refractivity contribution >= 4 is 38.9 Å². The fourth-order valence-corrected chi connectivity index (χ4v) is 12.9. The van der Waals surface area contributed by atoms with Crippen LogP contribution >= 0.6 is 0 Å². The molecule has 3 aliphatic carbocycles. The average Bonchev–Trinajstić information content (AvgIpc) is 3.86. The number of nitrogens with zero attached hydrogens (tertiary/aromatic N) is 2. The van der Waals surface area contributed by atoms with E-state index in [0.717, 1.165) is 11.4 Å². The van der Waals surface area contributed by atoms with Crippen molar-refractivity contribution < 1.29 is 0 Å². The zero-order valence-electron chi connectivity index (χ0n) is 35.9. The fourth-order valence-electron chi connectivity index (χ4n) is 12.9. The summed E-state index contributed by atoms with van der Waals surface area (Å²) in [7, 11) is 0. The van der Waals surface area contributed by atoms with Gasteiger partial charge in [-0.05, 0) is 104 Å². The number of hydrogen-bond donors (Lipinski definition) is 0. The van der Waals surface area contributed by atoms with E-state index in [0.29, 0.717) is 0 Å². The summed E-state index contributed by atoms with van der Waals surface area (Å²) in [5, 5.41) is 2.57. The lowest BCUT2D eigenvalue weighted by Crippen LogP contribution is -2.40. The third-order valence-corrected chi connectivity index (χ3v) is 15.6. The molecule has 2 nitrogen and oxygen atoms in total. The van der Waals surface area contributed by atoms with Crippen molar-refractivity contribution in [3.05, 3.63) is 239 Å². The molecule has 10 aromatic rings. The first-order chi connectivity index (χ1) is 30.8. The highest BCUT2D eigenvalue weighted by Gasteiger charge is 2.55. The molecule has 14 rings (SSSR count). The summed E-state index contributed by atoms with van der Waals surface area (Å²) in [4.78, 5) is 2.54. The van der Waals surface area contributed by atoms with Gasteiger partial charge in [-0.3, -0.25) is 0 Å². The molecule has 0 amide bonds. The lowest BCUT2D eigenvalue weighted by atomic mass is 9.55. The maximum Gasteiger partial charge on any atom is 0.0720 e. The summed E-state index contributed by atoms with van der Waals surface area (Å²) in [5.74, 6) is 0. The van der Waals surface area contributed by atoms with Crippen LogP contribution in [0.3, 0.4) is 0 Å². The van der Waals surface area contributed by atoms with Crippen LogP contribution in [0.5, 0.6) is 0 Å². The Kier molecular flexibility index (Phi) is 6.67. The van der Waals surface area contributed by atoms with Gasteiger partial charge in [-0.15, -0.1) is 0 Å². The van der Waals surface area contributed by atoms with Gasteiger partial charge in [0.2, 0.25) is 0 Å². The fraction of sp³-hybridized carbons (Fsp3) is 0.115. The third kappa shape index (κ3) is 4.15. The largest absolute Gasteiger partial charge is 0.310 e. The molecule has 63 heavy (non-hydrogen) atoms. The van der Waals surface area contributed by atoms with E-state index in [2.05, 4.69) is 231 Å². The van der Waals surface area contributed by atoms with Gasteiger partial charge in [-0.25, -0.2) is 0 Å². The van der Waals surface area contributed by atoms with E-state index in [1.54, 1.807) is 0 Å². The maximum atomic E-state index is 2.60. The SMILES string of the molecule is CC1(C)c2ccccc2-c2ccc(N(c3ccccc3)c3ccc4c5c3-c3ccccc3-n3c6ccccc6c6ccc(c-5c63)C43c4ccccc4C(C)(C)c4ccccc43)cc21. The second-order valence-corrected chi connectivity index (χ2v) is 19.2. The highest BCUT2D eigenvalue weighted by atomic mass is 15.1. The number of benzene rings is 9. The molecule has 2 heteroatoms. The lowest BCUT2D eigenvalue weighted by Gasteiger charge is -2.46. The van der Waals surface area contributed by atoms with E-state index in [1.807, 2.05) is 0 Å².